The minimum Gasteiger partial charge on any atom is -0.428 e. The first-order valence-corrected chi connectivity index (χ1v) is 8.49. The molecule has 0 amide bonds. The third-order valence-corrected chi connectivity index (χ3v) is 2.59. The van der Waals surface area contributed by atoms with Crippen LogP contribution in [0.3, 0.4) is 0 Å². The summed E-state index contributed by atoms with van der Waals surface area (Å²) in [5.41, 5.74) is -1.37. The van der Waals surface area contributed by atoms with Crippen LogP contribution >= 0.6 is 0 Å². The number of esters is 1. The topological polar surface area (TPSA) is 97.4 Å². The van der Waals surface area contributed by atoms with Gasteiger partial charge in [0.05, 0.1) is 0 Å². The fraction of sp³-hybridized carbons (Fsp3) is 0.450. The zero-order valence-electron chi connectivity index (χ0n) is 17.2. The van der Waals surface area contributed by atoms with Gasteiger partial charge in [-0.25, -0.2) is 14.4 Å². The molecule has 0 fully saturated rings. The van der Waals surface area contributed by atoms with E-state index in [1.165, 1.54) is 25.1 Å². The second-order valence-corrected chi connectivity index (χ2v) is 7.94. The summed E-state index contributed by atoms with van der Waals surface area (Å²) < 4.78 is 25.4. The van der Waals surface area contributed by atoms with E-state index in [2.05, 4.69) is 6.58 Å². The zero-order chi connectivity index (χ0) is 21.7. The van der Waals surface area contributed by atoms with Crippen molar-refractivity contribution in [1.29, 1.82) is 0 Å². The normalized spacial score (nSPS) is 11.2. The molecule has 0 aromatic heterocycles. The Kier molecular flexibility index (Phi) is 7.21. The molecule has 0 aliphatic heterocycles. The fourth-order valence-electron chi connectivity index (χ4n) is 1.65. The molecule has 0 spiro atoms. The van der Waals surface area contributed by atoms with Crippen molar-refractivity contribution in [2.24, 2.45) is 0 Å². The van der Waals surface area contributed by atoms with Crippen molar-refractivity contribution in [3.8, 4) is 17.2 Å². The van der Waals surface area contributed by atoms with Gasteiger partial charge in [0.2, 0.25) is 0 Å². The molecule has 1 aromatic rings. The zero-order valence-corrected chi connectivity index (χ0v) is 17.2. The molecule has 1 aromatic carbocycles. The molecule has 0 aliphatic rings. The average Bonchev–Trinajstić information content (AvgIpc) is 2.41. The number of benzene rings is 1. The first-order chi connectivity index (χ1) is 12.6. The Hall–Kier alpha value is -3.03. The van der Waals surface area contributed by atoms with Gasteiger partial charge in [0.25, 0.3) is 0 Å². The summed E-state index contributed by atoms with van der Waals surface area (Å²) >= 11 is 0. The lowest BCUT2D eigenvalue weighted by Crippen LogP contribution is -2.26. The van der Waals surface area contributed by atoms with Gasteiger partial charge in [0.1, 0.15) is 28.5 Å². The lowest BCUT2D eigenvalue weighted by atomic mass is 10.2. The highest BCUT2D eigenvalue weighted by molar-refractivity contribution is 5.89. The Balaban J connectivity index is 3.09. The highest BCUT2D eigenvalue weighted by atomic mass is 16.7. The summed E-state index contributed by atoms with van der Waals surface area (Å²) in [7, 11) is 0. The first kappa shape index (κ1) is 23.0. The number of hydrogen-bond acceptors (Lipinski definition) is 8. The summed E-state index contributed by atoms with van der Waals surface area (Å²) in [5, 5.41) is 0. The van der Waals surface area contributed by atoms with Crippen molar-refractivity contribution in [2.45, 2.75) is 59.7 Å². The fourth-order valence-corrected chi connectivity index (χ4v) is 1.65. The summed E-state index contributed by atoms with van der Waals surface area (Å²) in [6.07, 6.45) is -1.95. The van der Waals surface area contributed by atoms with E-state index in [9.17, 15) is 14.4 Å². The minimum absolute atomic E-state index is 0.0207. The van der Waals surface area contributed by atoms with E-state index in [-0.39, 0.29) is 22.8 Å². The number of rotatable bonds is 4. The third kappa shape index (κ3) is 9.07. The number of carbonyl (C=O) groups excluding carboxylic acids is 3. The Morgan fingerprint density at radius 2 is 1.04 bits per heavy atom. The van der Waals surface area contributed by atoms with Gasteiger partial charge in [0.15, 0.2) is 0 Å². The lowest BCUT2D eigenvalue weighted by molar-refractivity contribution is -0.130. The molecule has 0 atom stereocenters. The quantitative estimate of drug-likeness (QED) is 0.311. The maximum absolute atomic E-state index is 11.9. The molecule has 0 unspecified atom stereocenters. The second-order valence-electron chi connectivity index (χ2n) is 7.94. The Labute approximate surface area is 164 Å². The molecule has 0 aliphatic carbocycles. The van der Waals surface area contributed by atoms with Gasteiger partial charge in [-0.1, -0.05) is 6.58 Å². The van der Waals surface area contributed by atoms with Crippen molar-refractivity contribution in [3.63, 3.8) is 0 Å². The SMILES string of the molecule is C=C(C)C(=O)Oc1cc(OC(=O)OC(C)(C)C)cc(OC(=O)OC(C)(C)C)c1. The van der Waals surface area contributed by atoms with Crippen molar-refractivity contribution < 1.29 is 38.1 Å². The highest BCUT2D eigenvalue weighted by Crippen LogP contribution is 2.29. The van der Waals surface area contributed by atoms with Crippen LogP contribution in [0.25, 0.3) is 0 Å². The van der Waals surface area contributed by atoms with Crippen LogP contribution in [0.4, 0.5) is 9.59 Å². The van der Waals surface area contributed by atoms with Crippen molar-refractivity contribution in [1.82, 2.24) is 0 Å². The van der Waals surface area contributed by atoms with Crippen LogP contribution in [0.5, 0.6) is 17.2 Å². The molecule has 0 heterocycles. The van der Waals surface area contributed by atoms with Crippen LogP contribution in [-0.4, -0.2) is 29.5 Å². The van der Waals surface area contributed by atoms with Crippen molar-refractivity contribution >= 4 is 18.3 Å². The van der Waals surface area contributed by atoms with Crippen LogP contribution in [0.15, 0.2) is 30.4 Å². The molecule has 1 rings (SSSR count). The molecule has 0 saturated carbocycles. The molecule has 154 valence electrons. The molecule has 0 saturated heterocycles. The van der Waals surface area contributed by atoms with Crippen LogP contribution in [-0.2, 0) is 14.3 Å². The summed E-state index contributed by atoms with van der Waals surface area (Å²) in [4.78, 5) is 35.6. The van der Waals surface area contributed by atoms with Gasteiger partial charge in [0, 0.05) is 23.8 Å². The van der Waals surface area contributed by atoms with Gasteiger partial charge in [-0.3, -0.25) is 0 Å². The van der Waals surface area contributed by atoms with E-state index in [0.29, 0.717) is 0 Å². The molecule has 0 N–H and O–H groups in total. The Morgan fingerprint density at radius 1 is 0.714 bits per heavy atom. The van der Waals surface area contributed by atoms with E-state index in [1.807, 2.05) is 0 Å². The molecular formula is C20H26O8. The number of ether oxygens (including phenoxy) is 5. The minimum atomic E-state index is -0.973. The van der Waals surface area contributed by atoms with Crippen molar-refractivity contribution in [2.75, 3.05) is 0 Å². The standard InChI is InChI=1S/C20H26O8/c1-12(2)16(21)24-13-9-14(25-17(22)27-19(3,4)5)11-15(10-13)26-18(23)28-20(6,7)8/h9-11H,1H2,2-8H3. The lowest BCUT2D eigenvalue weighted by Gasteiger charge is -2.20. The largest absolute Gasteiger partial charge is 0.514 e. The van der Waals surface area contributed by atoms with Crippen LogP contribution in [0, 0.1) is 0 Å². The van der Waals surface area contributed by atoms with Gasteiger partial charge in [-0.05, 0) is 48.5 Å². The number of carbonyl (C=O) groups is 3. The monoisotopic (exact) mass is 394 g/mol. The maximum atomic E-state index is 11.9. The van der Waals surface area contributed by atoms with Crippen LogP contribution in [0.1, 0.15) is 48.5 Å². The Morgan fingerprint density at radius 3 is 1.32 bits per heavy atom. The average molecular weight is 394 g/mol. The van der Waals surface area contributed by atoms with E-state index < -0.39 is 29.5 Å². The summed E-state index contributed by atoms with van der Waals surface area (Å²) in [6.45, 7) is 15.0. The van der Waals surface area contributed by atoms with Gasteiger partial charge >= 0.3 is 18.3 Å². The first-order valence-electron chi connectivity index (χ1n) is 8.49. The van der Waals surface area contributed by atoms with Crippen molar-refractivity contribution in [3.05, 3.63) is 30.4 Å². The summed E-state index contributed by atoms with van der Waals surface area (Å²) in [6, 6.07) is 3.80. The molecular weight excluding hydrogens is 368 g/mol. The van der Waals surface area contributed by atoms with E-state index in [4.69, 9.17) is 23.7 Å². The van der Waals surface area contributed by atoms with Gasteiger partial charge in [-0.2, -0.15) is 0 Å². The highest BCUT2D eigenvalue weighted by Gasteiger charge is 2.21. The van der Waals surface area contributed by atoms with Crippen LogP contribution < -0.4 is 14.2 Å². The molecule has 8 heteroatoms. The third-order valence-electron chi connectivity index (χ3n) is 2.59. The number of hydrogen-bond donors (Lipinski definition) is 0. The van der Waals surface area contributed by atoms with E-state index >= 15 is 0 Å². The predicted molar refractivity (Wildman–Crippen MR) is 101 cm³/mol. The molecule has 8 nitrogen and oxygen atoms in total. The predicted octanol–water partition coefficient (Wildman–Crippen LogP) is 4.80. The smallest absolute Gasteiger partial charge is 0.428 e. The maximum Gasteiger partial charge on any atom is 0.514 e. The van der Waals surface area contributed by atoms with Gasteiger partial charge in [-0.15, -0.1) is 0 Å². The second kappa shape index (κ2) is 8.77. The Bertz CT molecular complexity index is 717. The summed E-state index contributed by atoms with van der Waals surface area (Å²) in [5.74, 6) is -0.829. The molecule has 28 heavy (non-hydrogen) atoms. The molecule has 0 radical (unpaired) electrons. The van der Waals surface area contributed by atoms with E-state index in [0.717, 1.165) is 0 Å². The molecule has 0 bridgehead atoms. The van der Waals surface area contributed by atoms with Gasteiger partial charge < -0.3 is 23.7 Å². The van der Waals surface area contributed by atoms with Crippen LogP contribution in [0.2, 0.25) is 0 Å². The van der Waals surface area contributed by atoms with E-state index in [1.54, 1.807) is 41.5 Å².